The molecule has 5 atom stereocenters. The van der Waals surface area contributed by atoms with Crippen LogP contribution in [0.5, 0.6) is 0 Å². The lowest BCUT2D eigenvalue weighted by atomic mass is 10.0. The summed E-state index contributed by atoms with van der Waals surface area (Å²) < 4.78 is 0. The lowest BCUT2D eigenvalue weighted by molar-refractivity contribution is -0.142. The van der Waals surface area contributed by atoms with Gasteiger partial charge in [0.2, 0.25) is 41.4 Å². The van der Waals surface area contributed by atoms with Gasteiger partial charge < -0.3 is 53.2 Å². The highest BCUT2D eigenvalue weighted by Gasteiger charge is 2.34. The summed E-state index contributed by atoms with van der Waals surface area (Å²) >= 11 is 0. The van der Waals surface area contributed by atoms with E-state index in [1.165, 1.54) is 0 Å². The number of carboxylic acid groups (broad SMARTS) is 1. The summed E-state index contributed by atoms with van der Waals surface area (Å²) in [4.78, 5) is 104. The molecule has 1 aromatic heterocycles. The number of benzene rings is 1. The van der Waals surface area contributed by atoms with Crippen LogP contribution in [0.3, 0.4) is 0 Å². The Balaban J connectivity index is 2.26. The van der Waals surface area contributed by atoms with Gasteiger partial charge in [-0.15, -0.1) is 0 Å². The summed E-state index contributed by atoms with van der Waals surface area (Å²) in [5, 5.41) is 31.8. The second kappa shape index (κ2) is 22.4. The smallest absolute Gasteiger partial charge is 0.305 e. The zero-order chi connectivity index (χ0) is 39.5. The minimum absolute atomic E-state index is 0.00783. The maximum atomic E-state index is 13.8. The van der Waals surface area contributed by atoms with Crippen LogP contribution < -0.4 is 38.1 Å². The number of carboxylic acids is 1. The fraction of sp³-hybridized carbons (Fsp3) is 0.543. The maximum absolute atomic E-state index is 13.8. The number of aromatic amines is 1. The molecule has 2 rings (SSSR count). The van der Waals surface area contributed by atoms with Crippen LogP contribution >= 0.6 is 0 Å². The van der Waals surface area contributed by atoms with E-state index in [2.05, 4.69) is 38.5 Å². The number of nitrogens with one attached hydrogen (secondary N) is 6. The van der Waals surface area contributed by atoms with E-state index in [1.807, 2.05) is 24.3 Å². The number of primary amides is 2. The number of carbonyl (C=O) groups is 8. The molecule has 0 saturated heterocycles. The van der Waals surface area contributed by atoms with Gasteiger partial charge in [0.05, 0.1) is 25.5 Å². The van der Waals surface area contributed by atoms with Gasteiger partial charge >= 0.3 is 5.97 Å². The first-order valence-corrected chi connectivity index (χ1v) is 17.6. The van der Waals surface area contributed by atoms with Gasteiger partial charge in [-0.05, 0) is 25.0 Å². The molecule has 18 heteroatoms. The number of H-pyrrole nitrogens is 1. The van der Waals surface area contributed by atoms with Crippen molar-refractivity contribution in [2.75, 3.05) is 6.54 Å². The van der Waals surface area contributed by atoms with E-state index < -0.39 is 97.0 Å². The lowest BCUT2D eigenvalue weighted by Crippen LogP contribution is -2.60. The summed E-state index contributed by atoms with van der Waals surface area (Å²) in [7, 11) is 0. The number of aliphatic hydroxyl groups is 1. The highest BCUT2D eigenvalue weighted by Crippen LogP contribution is 2.19. The minimum Gasteiger partial charge on any atom is -0.481 e. The average Bonchev–Trinajstić information content (AvgIpc) is 3.50. The summed E-state index contributed by atoms with van der Waals surface area (Å²) in [6.45, 7) is 2.64. The Morgan fingerprint density at radius 2 is 1.32 bits per heavy atom. The van der Waals surface area contributed by atoms with Crippen LogP contribution in [0.15, 0.2) is 30.5 Å². The van der Waals surface area contributed by atoms with Crippen LogP contribution in [0, 0.1) is 0 Å². The third-order valence-corrected chi connectivity index (χ3v) is 8.31. The molecule has 18 nitrogen and oxygen atoms in total. The summed E-state index contributed by atoms with van der Waals surface area (Å²) in [5.74, 6) is -8.17. The Hall–Kier alpha value is -5.52. The number of aliphatic hydroxyl groups excluding tert-OH is 1. The molecule has 0 radical (unpaired) electrons. The Kier molecular flexibility index (Phi) is 18.5. The summed E-state index contributed by atoms with van der Waals surface area (Å²) in [6.07, 6.45) is 5.36. The number of carbonyl (C=O) groups excluding carboxylic acids is 7. The number of unbranched alkanes of at least 4 members (excludes halogenated alkanes) is 6. The Morgan fingerprint density at radius 1 is 0.736 bits per heavy atom. The van der Waals surface area contributed by atoms with Gasteiger partial charge in [0.15, 0.2) is 0 Å². The molecule has 0 aliphatic rings. The third kappa shape index (κ3) is 15.7. The minimum atomic E-state index is -1.87. The number of amides is 7. The monoisotopic (exact) mass is 744 g/mol. The number of nitrogens with two attached hydrogens (primary N) is 2. The maximum Gasteiger partial charge on any atom is 0.305 e. The standard InChI is InChI=1S/C35H52N8O10/c1-3-4-5-6-7-8-9-14-29(47)40-24(15-21-18-38-23-13-11-10-12-22(21)23)32(50)41-25(16-27(36)45)33(51)42-26(17-30(48)49)34(52)43-31(20(2)44)35(53)39-19-28(37)46/h10-13,18,20,24-26,31,38,44H,3-9,14-17,19H2,1-2H3,(H2,36,45)(H2,37,46)(H,39,53)(H,40,47)(H,41,50)(H,42,51)(H,43,52)(H,48,49)/t20-,24+,25-,26+,31?/m1/s1. The number of hydrogen-bond donors (Lipinski definition) is 10. The molecule has 7 amide bonds. The molecule has 2 aromatic rings. The van der Waals surface area contributed by atoms with Gasteiger partial charge in [0.1, 0.15) is 24.2 Å². The molecule has 0 spiro atoms. The van der Waals surface area contributed by atoms with E-state index in [0.717, 1.165) is 56.4 Å². The van der Waals surface area contributed by atoms with E-state index in [9.17, 15) is 48.6 Å². The number of para-hydroxylation sites is 1. The summed E-state index contributed by atoms with van der Waals surface area (Å²) in [5.41, 5.74) is 11.8. The van der Waals surface area contributed by atoms with E-state index >= 15 is 0 Å². The molecule has 1 unspecified atom stereocenters. The molecular weight excluding hydrogens is 692 g/mol. The quantitative estimate of drug-likeness (QED) is 0.0560. The normalized spacial score (nSPS) is 13.8. The van der Waals surface area contributed by atoms with Crippen molar-refractivity contribution in [1.82, 2.24) is 31.6 Å². The predicted octanol–water partition coefficient (Wildman–Crippen LogP) is -0.877. The number of hydrogen-bond acceptors (Lipinski definition) is 9. The number of aliphatic carboxylic acids is 1. The highest BCUT2D eigenvalue weighted by molar-refractivity contribution is 5.99. The third-order valence-electron chi connectivity index (χ3n) is 8.31. The Bertz CT molecular complexity index is 1590. The second-order valence-electron chi connectivity index (χ2n) is 12.9. The average molecular weight is 745 g/mol. The first-order chi connectivity index (χ1) is 25.1. The molecule has 0 aliphatic heterocycles. The summed E-state index contributed by atoms with van der Waals surface area (Å²) in [6, 6.07) is 0.788. The lowest BCUT2D eigenvalue weighted by Gasteiger charge is -2.26. The van der Waals surface area contributed by atoms with Gasteiger partial charge in [0.25, 0.3) is 0 Å². The zero-order valence-corrected chi connectivity index (χ0v) is 30.1. The molecule has 0 aliphatic carbocycles. The van der Waals surface area contributed by atoms with Crippen molar-refractivity contribution >= 4 is 58.2 Å². The molecule has 0 saturated carbocycles. The number of fused-ring (bicyclic) bond motifs is 1. The van der Waals surface area contributed by atoms with Gasteiger partial charge in [0, 0.05) is 29.9 Å². The van der Waals surface area contributed by atoms with Gasteiger partial charge in [-0.2, -0.15) is 0 Å². The molecule has 1 aromatic carbocycles. The molecule has 0 bridgehead atoms. The van der Waals surface area contributed by atoms with Crippen LogP contribution in [0.1, 0.15) is 83.6 Å². The van der Waals surface area contributed by atoms with Crippen LogP contribution in [0.25, 0.3) is 10.9 Å². The van der Waals surface area contributed by atoms with E-state index in [-0.39, 0.29) is 12.8 Å². The fourth-order valence-electron chi connectivity index (χ4n) is 5.52. The van der Waals surface area contributed by atoms with Crippen LogP contribution in [0.2, 0.25) is 0 Å². The van der Waals surface area contributed by atoms with E-state index in [4.69, 9.17) is 11.5 Å². The second-order valence-corrected chi connectivity index (χ2v) is 12.9. The van der Waals surface area contributed by atoms with E-state index in [1.54, 1.807) is 6.20 Å². The number of aromatic nitrogens is 1. The SMILES string of the molecule is CCCCCCCCCC(=O)N[C@@H](Cc1c[nH]c2ccccc12)C(=O)N[C@H](CC(N)=O)C(=O)N[C@@H](CC(=O)O)C(=O)NC(C(=O)NCC(N)=O)[C@@H](C)O. The topological polar surface area (TPSA) is 305 Å². The molecule has 53 heavy (non-hydrogen) atoms. The van der Waals surface area contributed by atoms with Gasteiger partial charge in [-0.25, -0.2) is 0 Å². The van der Waals surface area contributed by atoms with Crippen molar-refractivity contribution in [2.45, 2.75) is 115 Å². The highest BCUT2D eigenvalue weighted by atomic mass is 16.4. The van der Waals surface area contributed by atoms with Crippen molar-refractivity contribution in [3.8, 4) is 0 Å². The van der Waals surface area contributed by atoms with Crippen molar-refractivity contribution in [1.29, 1.82) is 0 Å². The van der Waals surface area contributed by atoms with Crippen molar-refractivity contribution in [3.63, 3.8) is 0 Å². The largest absolute Gasteiger partial charge is 0.481 e. The van der Waals surface area contributed by atoms with Gasteiger partial charge in [-0.1, -0.05) is 63.6 Å². The molecule has 292 valence electrons. The first kappa shape index (κ1) is 43.6. The van der Waals surface area contributed by atoms with Crippen LogP contribution in [-0.2, 0) is 44.8 Å². The zero-order valence-electron chi connectivity index (χ0n) is 30.1. The Morgan fingerprint density at radius 3 is 1.92 bits per heavy atom. The first-order valence-electron chi connectivity index (χ1n) is 17.6. The molecule has 0 fully saturated rings. The van der Waals surface area contributed by atoms with Crippen molar-refractivity contribution in [3.05, 3.63) is 36.0 Å². The predicted molar refractivity (Wildman–Crippen MR) is 192 cm³/mol. The fourth-order valence-corrected chi connectivity index (χ4v) is 5.52. The molecule has 12 N–H and O–H groups in total. The Labute approximate surface area is 306 Å². The van der Waals surface area contributed by atoms with E-state index in [0.29, 0.717) is 12.0 Å². The van der Waals surface area contributed by atoms with Crippen LogP contribution in [-0.4, -0.2) is 99.3 Å². The number of rotatable bonds is 25. The van der Waals surface area contributed by atoms with Crippen molar-refractivity contribution < 1.29 is 48.6 Å². The van der Waals surface area contributed by atoms with Crippen molar-refractivity contribution in [2.24, 2.45) is 11.5 Å². The molecular formula is C35H52N8O10. The van der Waals surface area contributed by atoms with Crippen LogP contribution in [0.4, 0.5) is 0 Å². The molecule has 1 heterocycles. The van der Waals surface area contributed by atoms with Gasteiger partial charge in [-0.3, -0.25) is 38.4 Å².